The van der Waals surface area contributed by atoms with E-state index < -0.39 is 0 Å². The largest absolute Gasteiger partial charge is 0.356 e. The van der Waals surface area contributed by atoms with Crippen molar-refractivity contribution in [2.75, 3.05) is 31.1 Å². The highest BCUT2D eigenvalue weighted by atomic mass is 15.2. The van der Waals surface area contributed by atoms with Crippen LogP contribution in [-0.2, 0) is 0 Å². The molecule has 2 saturated heterocycles. The summed E-state index contributed by atoms with van der Waals surface area (Å²) in [7, 11) is 0. The lowest BCUT2D eigenvalue weighted by atomic mass is 10.0. The van der Waals surface area contributed by atoms with Crippen LogP contribution in [0.4, 0.5) is 5.82 Å². The molecule has 1 N–H and O–H groups in total. The molecule has 0 saturated carbocycles. The molecule has 15 heavy (non-hydrogen) atoms. The van der Waals surface area contributed by atoms with Gasteiger partial charge in [0.2, 0.25) is 0 Å². The van der Waals surface area contributed by atoms with Gasteiger partial charge in [0.25, 0.3) is 0 Å². The molecule has 0 aliphatic carbocycles. The molecule has 0 spiro atoms. The van der Waals surface area contributed by atoms with Crippen molar-refractivity contribution in [1.82, 2.24) is 10.3 Å². The normalized spacial score (nSPS) is 29.5. The fraction of sp³-hybridized carbons (Fsp3) is 0.583. The van der Waals surface area contributed by atoms with Gasteiger partial charge in [-0.3, -0.25) is 0 Å². The van der Waals surface area contributed by atoms with Gasteiger partial charge in [-0.2, -0.15) is 0 Å². The van der Waals surface area contributed by atoms with Crippen molar-refractivity contribution < 1.29 is 0 Å². The molecule has 0 amide bonds. The Bertz CT molecular complexity index is 352. The summed E-state index contributed by atoms with van der Waals surface area (Å²) in [5.74, 6) is 2.84. The van der Waals surface area contributed by atoms with E-state index in [4.69, 9.17) is 0 Å². The minimum Gasteiger partial charge on any atom is -0.356 e. The van der Waals surface area contributed by atoms with E-state index in [0.717, 1.165) is 17.7 Å². The van der Waals surface area contributed by atoms with Crippen molar-refractivity contribution in [3.63, 3.8) is 0 Å². The first-order chi connectivity index (χ1) is 7.33. The second kappa shape index (κ2) is 3.49. The van der Waals surface area contributed by atoms with Crippen LogP contribution < -0.4 is 10.2 Å². The van der Waals surface area contributed by atoms with E-state index in [0.29, 0.717) is 0 Å². The van der Waals surface area contributed by atoms with Gasteiger partial charge < -0.3 is 10.2 Å². The van der Waals surface area contributed by atoms with Gasteiger partial charge in [-0.25, -0.2) is 4.98 Å². The molecule has 80 valence electrons. The first kappa shape index (κ1) is 9.16. The van der Waals surface area contributed by atoms with Crippen molar-refractivity contribution >= 4 is 5.82 Å². The molecule has 1 aromatic rings. The second-order valence-electron chi connectivity index (χ2n) is 4.77. The van der Waals surface area contributed by atoms with Gasteiger partial charge in [-0.1, -0.05) is 0 Å². The second-order valence-corrected chi connectivity index (χ2v) is 4.77. The lowest BCUT2D eigenvalue weighted by molar-refractivity contribution is 0.533. The van der Waals surface area contributed by atoms with E-state index in [1.165, 1.54) is 31.7 Å². The number of fused-ring (bicyclic) bond motifs is 1. The standard InChI is InChI=1S/C12H17N3/c1-9-2-3-14-12(4-9)15-7-10-5-13-6-11(10)8-15/h2-4,10-11,13H,5-8H2,1H3. The van der Waals surface area contributed by atoms with Crippen molar-refractivity contribution in [1.29, 1.82) is 0 Å². The minimum atomic E-state index is 0.840. The molecular formula is C12H17N3. The molecule has 2 aliphatic heterocycles. The zero-order chi connectivity index (χ0) is 10.3. The van der Waals surface area contributed by atoms with Crippen LogP contribution in [0.1, 0.15) is 5.56 Å². The van der Waals surface area contributed by atoms with Crippen LogP contribution in [0.5, 0.6) is 0 Å². The van der Waals surface area contributed by atoms with Gasteiger partial charge in [0.05, 0.1) is 0 Å². The maximum absolute atomic E-state index is 4.45. The van der Waals surface area contributed by atoms with E-state index in [1.54, 1.807) is 0 Å². The highest BCUT2D eigenvalue weighted by Gasteiger charge is 2.36. The molecule has 0 bridgehead atoms. The van der Waals surface area contributed by atoms with Crippen LogP contribution in [0.2, 0.25) is 0 Å². The predicted octanol–water partition coefficient (Wildman–Crippen LogP) is 1.05. The summed E-state index contributed by atoms with van der Waals surface area (Å²) in [4.78, 5) is 6.89. The Kier molecular flexibility index (Phi) is 2.13. The number of nitrogens with one attached hydrogen (secondary N) is 1. The van der Waals surface area contributed by atoms with Crippen LogP contribution in [0, 0.1) is 18.8 Å². The molecule has 1 aromatic heterocycles. The number of rotatable bonds is 1. The lowest BCUT2D eigenvalue weighted by Gasteiger charge is -2.18. The SMILES string of the molecule is Cc1ccnc(N2CC3CNCC3C2)c1. The van der Waals surface area contributed by atoms with Gasteiger partial charge in [0.15, 0.2) is 0 Å². The number of hydrogen-bond acceptors (Lipinski definition) is 3. The zero-order valence-corrected chi connectivity index (χ0v) is 9.11. The average Bonchev–Trinajstić information content (AvgIpc) is 2.76. The number of nitrogens with zero attached hydrogens (tertiary/aromatic N) is 2. The average molecular weight is 203 g/mol. The summed E-state index contributed by atoms with van der Waals surface area (Å²) in [6.45, 7) is 6.85. The Morgan fingerprint density at radius 3 is 2.73 bits per heavy atom. The highest BCUT2D eigenvalue weighted by molar-refractivity contribution is 5.42. The lowest BCUT2D eigenvalue weighted by Crippen LogP contribution is -2.26. The molecule has 3 heterocycles. The van der Waals surface area contributed by atoms with E-state index in [2.05, 4.69) is 34.3 Å². The van der Waals surface area contributed by atoms with Gasteiger partial charge in [0, 0.05) is 32.4 Å². The molecule has 3 heteroatoms. The number of anilines is 1. The molecule has 2 fully saturated rings. The van der Waals surface area contributed by atoms with Gasteiger partial charge in [-0.15, -0.1) is 0 Å². The maximum atomic E-state index is 4.45. The third kappa shape index (κ3) is 1.61. The number of aryl methyl sites for hydroxylation is 1. The van der Waals surface area contributed by atoms with Crippen LogP contribution >= 0.6 is 0 Å². The van der Waals surface area contributed by atoms with Gasteiger partial charge in [0.1, 0.15) is 5.82 Å². The fourth-order valence-electron chi connectivity index (χ4n) is 2.74. The molecule has 2 unspecified atom stereocenters. The van der Waals surface area contributed by atoms with Crippen molar-refractivity contribution in [3.8, 4) is 0 Å². The summed E-state index contributed by atoms with van der Waals surface area (Å²) in [6.07, 6.45) is 1.91. The number of aromatic nitrogens is 1. The van der Waals surface area contributed by atoms with E-state index in [1.807, 2.05) is 6.20 Å². The van der Waals surface area contributed by atoms with Crippen LogP contribution in [-0.4, -0.2) is 31.2 Å². The van der Waals surface area contributed by atoms with E-state index in [-0.39, 0.29) is 0 Å². The number of pyridine rings is 1. The number of hydrogen-bond donors (Lipinski definition) is 1. The molecule has 3 nitrogen and oxygen atoms in total. The Labute approximate surface area is 90.5 Å². The van der Waals surface area contributed by atoms with Crippen LogP contribution in [0.25, 0.3) is 0 Å². The Hall–Kier alpha value is -1.09. The first-order valence-electron chi connectivity index (χ1n) is 5.71. The molecule has 0 radical (unpaired) electrons. The Balaban J connectivity index is 1.79. The van der Waals surface area contributed by atoms with E-state index in [9.17, 15) is 0 Å². The fourth-order valence-corrected chi connectivity index (χ4v) is 2.74. The minimum absolute atomic E-state index is 0.840. The zero-order valence-electron chi connectivity index (χ0n) is 9.11. The topological polar surface area (TPSA) is 28.2 Å². The molecule has 2 atom stereocenters. The maximum Gasteiger partial charge on any atom is 0.128 e. The molecule has 3 rings (SSSR count). The Morgan fingerprint density at radius 1 is 1.33 bits per heavy atom. The Morgan fingerprint density at radius 2 is 2.07 bits per heavy atom. The van der Waals surface area contributed by atoms with Crippen LogP contribution in [0.3, 0.4) is 0 Å². The summed E-state index contributed by atoms with van der Waals surface area (Å²) in [6, 6.07) is 4.25. The first-order valence-corrected chi connectivity index (χ1v) is 5.71. The quantitative estimate of drug-likeness (QED) is 0.739. The summed E-state index contributed by atoms with van der Waals surface area (Å²) >= 11 is 0. The summed E-state index contributed by atoms with van der Waals surface area (Å²) in [5, 5.41) is 3.46. The monoisotopic (exact) mass is 203 g/mol. The van der Waals surface area contributed by atoms with Crippen molar-refractivity contribution in [2.24, 2.45) is 11.8 Å². The molecule has 2 aliphatic rings. The van der Waals surface area contributed by atoms with Crippen LogP contribution in [0.15, 0.2) is 18.3 Å². The third-order valence-corrected chi connectivity index (χ3v) is 3.61. The van der Waals surface area contributed by atoms with Crippen molar-refractivity contribution in [2.45, 2.75) is 6.92 Å². The molecular weight excluding hydrogens is 186 g/mol. The summed E-state index contributed by atoms with van der Waals surface area (Å²) in [5.41, 5.74) is 1.30. The third-order valence-electron chi connectivity index (χ3n) is 3.61. The van der Waals surface area contributed by atoms with Gasteiger partial charge >= 0.3 is 0 Å². The summed E-state index contributed by atoms with van der Waals surface area (Å²) < 4.78 is 0. The van der Waals surface area contributed by atoms with Crippen molar-refractivity contribution in [3.05, 3.63) is 23.9 Å². The smallest absolute Gasteiger partial charge is 0.128 e. The predicted molar refractivity (Wildman–Crippen MR) is 61.0 cm³/mol. The highest BCUT2D eigenvalue weighted by Crippen LogP contribution is 2.29. The molecule has 0 aromatic carbocycles. The van der Waals surface area contributed by atoms with Gasteiger partial charge in [-0.05, 0) is 36.5 Å². The van der Waals surface area contributed by atoms with E-state index >= 15 is 0 Å².